The minimum absolute atomic E-state index is 0.0493. The van der Waals surface area contributed by atoms with Crippen molar-refractivity contribution >= 4 is 39.9 Å². The van der Waals surface area contributed by atoms with Crippen LogP contribution in [0.25, 0.3) is 10.8 Å². The number of carbonyl (C=O) groups excluding carboxylic acids is 3. The maximum absolute atomic E-state index is 12.5. The van der Waals surface area contributed by atoms with Crippen molar-refractivity contribution in [3.05, 3.63) is 72.3 Å². The van der Waals surface area contributed by atoms with Gasteiger partial charge in [-0.1, -0.05) is 49.2 Å². The second-order valence-corrected chi connectivity index (χ2v) is 8.94. The van der Waals surface area contributed by atoms with Crippen LogP contribution in [-0.4, -0.2) is 48.8 Å². The van der Waals surface area contributed by atoms with Crippen molar-refractivity contribution in [1.29, 1.82) is 0 Å². The van der Waals surface area contributed by atoms with E-state index in [-0.39, 0.29) is 30.7 Å². The molecule has 3 aromatic carbocycles. The number of hydrogen-bond acceptors (Lipinski definition) is 4. The molecule has 3 aromatic rings. The zero-order chi connectivity index (χ0) is 24.5. The highest BCUT2D eigenvalue weighted by Gasteiger charge is 2.13. The van der Waals surface area contributed by atoms with Crippen molar-refractivity contribution in [2.45, 2.75) is 32.1 Å². The van der Waals surface area contributed by atoms with E-state index in [4.69, 9.17) is 0 Å². The summed E-state index contributed by atoms with van der Waals surface area (Å²) in [6.07, 6.45) is 4.87. The van der Waals surface area contributed by atoms with E-state index < -0.39 is 0 Å². The Hall–Kier alpha value is -3.71. The third-order valence-electron chi connectivity index (χ3n) is 6.15. The molecule has 0 spiro atoms. The Morgan fingerprint density at radius 1 is 0.714 bits per heavy atom. The predicted molar refractivity (Wildman–Crippen MR) is 140 cm³/mol. The fourth-order valence-corrected chi connectivity index (χ4v) is 4.32. The van der Waals surface area contributed by atoms with Crippen molar-refractivity contribution in [3.8, 4) is 0 Å². The molecule has 7 nitrogen and oxygen atoms in total. The zero-order valence-electron chi connectivity index (χ0n) is 19.9. The molecule has 1 heterocycles. The first-order valence-corrected chi connectivity index (χ1v) is 12.3. The second-order valence-electron chi connectivity index (χ2n) is 8.94. The summed E-state index contributed by atoms with van der Waals surface area (Å²) in [7, 11) is 0. The van der Waals surface area contributed by atoms with E-state index in [2.05, 4.69) is 20.9 Å². The Labute approximate surface area is 205 Å². The van der Waals surface area contributed by atoms with Gasteiger partial charge in [0.05, 0.1) is 6.54 Å². The fraction of sp³-hybridized carbons (Fsp3) is 0.321. The average molecular weight is 473 g/mol. The van der Waals surface area contributed by atoms with Gasteiger partial charge in [0.2, 0.25) is 11.8 Å². The average Bonchev–Trinajstić information content (AvgIpc) is 3.12. The van der Waals surface area contributed by atoms with Crippen LogP contribution < -0.4 is 16.0 Å². The summed E-state index contributed by atoms with van der Waals surface area (Å²) < 4.78 is 0. The number of rotatable bonds is 8. The number of amides is 3. The molecule has 1 aliphatic rings. The Morgan fingerprint density at radius 3 is 2.14 bits per heavy atom. The van der Waals surface area contributed by atoms with E-state index >= 15 is 0 Å². The first-order valence-electron chi connectivity index (χ1n) is 12.3. The standard InChI is InChI=1S/C28H32N4O3/c33-26(14-15-29-28(35)23-13-12-21-8-3-4-9-22(21)18-23)30-24-10-7-11-25(19-24)31-27(34)20-32-16-5-1-2-6-17-32/h3-4,7-13,18-19H,1-2,5-6,14-17,20H2,(H,29,35)(H,30,33)(H,31,34). The quantitative estimate of drug-likeness (QED) is 0.453. The van der Waals surface area contributed by atoms with E-state index in [1.54, 1.807) is 30.3 Å². The second kappa shape index (κ2) is 12.1. The van der Waals surface area contributed by atoms with Crippen LogP contribution >= 0.6 is 0 Å². The van der Waals surface area contributed by atoms with Crippen molar-refractivity contribution in [1.82, 2.24) is 10.2 Å². The molecule has 3 amide bonds. The minimum Gasteiger partial charge on any atom is -0.352 e. The number of fused-ring (bicyclic) bond motifs is 1. The molecular formula is C28H32N4O3. The van der Waals surface area contributed by atoms with Gasteiger partial charge < -0.3 is 16.0 Å². The van der Waals surface area contributed by atoms with Gasteiger partial charge in [-0.2, -0.15) is 0 Å². The maximum Gasteiger partial charge on any atom is 0.251 e. The molecule has 0 unspecified atom stereocenters. The van der Waals surface area contributed by atoms with Crippen LogP contribution in [0, 0.1) is 0 Å². The summed E-state index contributed by atoms with van der Waals surface area (Å²) in [6.45, 7) is 2.53. The molecule has 4 rings (SSSR count). The smallest absolute Gasteiger partial charge is 0.251 e. The minimum atomic E-state index is -0.211. The van der Waals surface area contributed by atoms with Gasteiger partial charge in [-0.25, -0.2) is 0 Å². The van der Waals surface area contributed by atoms with Crippen LogP contribution in [0.1, 0.15) is 42.5 Å². The molecule has 1 aliphatic heterocycles. The summed E-state index contributed by atoms with van der Waals surface area (Å²) in [5, 5.41) is 10.6. The van der Waals surface area contributed by atoms with Crippen LogP contribution in [0.2, 0.25) is 0 Å². The van der Waals surface area contributed by atoms with Crippen LogP contribution in [0.5, 0.6) is 0 Å². The summed E-state index contributed by atoms with van der Waals surface area (Å²) in [4.78, 5) is 39.5. The molecule has 1 saturated heterocycles. The van der Waals surface area contributed by atoms with Gasteiger partial charge in [0.25, 0.3) is 5.91 Å². The molecule has 1 fully saturated rings. The first kappa shape index (κ1) is 24.4. The Balaban J connectivity index is 1.22. The van der Waals surface area contributed by atoms with Gasteiger partial charge in [0, 0.05) is 29.9 Å². The number of hydrogen-bond donors (Lipinski definition) is 3. The topological polar surface area (TPSA) is 90.5 Å². The molecule has 7 heteroatoms. The van der Waals surface area contributed by atoms with Crippen LogP contribution in [0.3, 0.4) is 0 Å². The normalized spacial score (nSPS) is 14.2. The molecular weight excluding hydrogens is 440 g/mol. The van der Waals surface area contributed by atoms with Crippen LogP contribution in [0.15, 0.2) is 66.7 Å². The van der Waals surface area contributed by atoms with E-state index in [0.717, 1.165) is 36.7 Å². The zero-order valence-corrected chi connectivity index (χ0v) is 19.9. The van der Waals surface area contributed by atoms with Crippen molar-refractivity contribution < 1.29 is 14.4 Å². The molecule has 3 N–H and O–H groups in total. The summed E-state index contributed by atoms with van der Waals surface area (Å²) in [5.41, 5.74) is 1.81. The fourth-order valence-electron chi connectivity index (χ4n) is 4.32. The molecule has 182 valence electrons. The molecule has 0 radical (unpaired) electrons. The molecule has 35 heavy (non-hydrogen) atoms. The van der Waals surface area contributed by atoms with E-state index in [9.17, 15) is 14.4 Å². The Morgan fingerprint density at radius 2 is 1.40 bits per heavy atom. The van der Waals surface area contributed by atoms with Crippen molar-refractivity contribution in [2.75, 3.05) is 36.8 Å². The van der Waals surface area contributed by atoms with E-state index in [1.807, 2.05) is 36.4 Å². The van der Waals surface area contributed by atoms with Crippen LogP contribution in [-0.2, 0) is 9.59 Å². The lowest BCUT2D eigenvalue weighted by atomic mass is 10.1. The lowest BCUT2D eigenvalue weighted by Crippen LogP contribution is -2.33. The van der Waals surface area contributed by atoms with Gasteiger partial charge >= 0.3 is 0 Å². The van der Waals surface area contributed by atoms with Crippen LogP contribution in [0.4, 0.5) is 11.4 Å². The number of benzene rings is 3. The van der Waals surface area contributed by atoms with Gasteiger partial charge in [-0.05, 0) is 67.0 Å². The predicted octanol–water partition coefficient (Wildman–Crippen LogP) is 4.41. The van der Waals surface area contributed by atoms with Gasteiger partial charge in [0.1, 0.15) is 0 Å². The summed E-state index contributed by atoms with van der Waals surface area (Å²) in [6, 6.07) is 20.5. The van der Waals surface area contributed by atoms with Crippen molar-refractivity contribution in [3.63, 3.8) is 0 Å². The third-order valence-corrected chi connectivity index (χ3v) is 6.15. The SMILES string of the molecule is O=C(CCNC(=O)c1ccc2ccccc2c1)Nc1cccc(NC(=O)CN2CCCCCC2)c1. The lowest BCUT2D eigenvalue weighted by molar-refractivity contribution is -0.117. The molecule has 0 atom stereocenters. The first-order chi connectivity index (χ1) is 17.1. The molecule has 0 bridgehead atoms. The highest BCUT2D eigenvalue weighted by Crippen LogP contribution is 2.17. The van der Waals surface area contributed by atoms with Gasteiger partial charge in [-0.3, -0.25) is 19.3 Å². The Kier molecular flexibility index (Phi) is 8.46. The maximum atomic E-state index is 12.5. The number of nitrogens with one attached hydrogen (secondary N) is 3. The third kappa shape index (κ3) is 7.39. The highest BCUT2D eigenvalue weighted by atomic mass is 16.2. The Bertz CT molecular complexity index is 1190. The van der Waals surface area contributed by atoms with Gasteiger partial charge in [0.15, 0.2) is 0 Å². The van der Waals surface area contributed by atoms with Gasteiger partial charge in [-0.15, -0.1) is 0 Å². The molecule has 0 aromatic heterocycles. The van der Waals surface area contributed by atoms with E-state index in [0.29, 0.717) is 23.5 Å². The summed E-state index contributed by atoms with van der Waals surface area (Å²) >= 11 is 0. The van der Waals surface area contributed by atoms with Crippen molar-refractivity contribution in [2.24, 2.45) is 0 Å². The molecule has 0 aliphatic carbocycles. The molecule has 0 saturated carbocycles. The largest absolute Gasteiger partial charge is 0.352 e. The summed E-state index contributed by atoms with van der Waals surface area (Å²) in [5.74, 6) is -0.471. The highest BCUT2D eigenvalue weighted by molar-refractivity contribution is 5.99. The number of nitrogens with zero attached hydrogens (tertiary/aromatic N) is 1. The van der Waals surface area contributed by atoms with E-state index in [1.165, 1.54) is 12.8 Å². The number of likely N-dealkylation sites (tertiary alicyclic amines) is 1. The lowest BCUT2D eigenvalue weighted by Gasteiger charge is -2.19. The number of carbonyl (C=O) groups is 3. The monoisotopic (exact) mass is 472 g/mol. The number of anilines is 2.